The number of likely N-dealkylation sites (tertiary alicyclic amines) is 1. The lowest BCUT2D eigenvalue weighted by molar-refractivity contribution is -0.162. The zero-order valence-corrected chi connectivity index (χ0v) is 16.3. The van der Waals surface area contributed by atoms with Crippen LogP contribution in [-0.4, -0.2) is 41.4 Å². The molecule has 0 bridgehead atoms. The number of ether oxygens (including phenoxy) is 1. The van der Waals surface area contributed by atoms with Crippen molar-refractivity contribution < 1.29 is 19.1 Å². The summed E-state index contributed by atoms with van der Waals surface area (Å²) in [6, 6.07) is 7.17. The third-order valence-corrected chi connectivity index (χ3v) is 4.35. The van der Waals surface area contributed by atoms with Gasteiger partial charge < -0.3 is 15.0 Å². The number of piperidine rings is 1. The molecule has 1 aromatic rings. The van der Waals surface area contributed by atoms with E-state index in [1.807, 2.05) is 32.9 Å². The smallest absolute Gasteiger partial charge is 0.309 e. The highest BCUT2D eigenvalue weighted by molar-refractivity contribution is 5.98. The quantitative estimate of drug-likeness (QED) is 0.637. The molecule has 0 aliphatic carbocycles. The van der Waals surface area contributed by atoms with E-state index in [-0.39, 0.29) is 23.7 Å². The molecule has 1 saturated heterocycles. The standard InChI is InChI=1S/C21H28N2O4/c1-5-18(24)22-17-8-6-15(7-9-17)14-19(25)23-12-10-16(11-13-23)20(26)27-21(2,3)4/h5-9,16H,1,10-14H2,2-4H3,(H,22,24). The van der Waals surface area contributed by atoms with Crippen LogP contribution in [0.2, 0.25) is 0 Å². The molecule has 2 rings (SSSR count). The second-order valence-corrected chi connectivity index (χ2v) is 7.76. The van der Waals surface area contributed by atoms with Crippen LogP contribution >= 0.6 is 0 Å². The van der Waals surface area contributed by atoms with Crippen LogP contribution in [-0.2, 0) is 25.5 Å². The van der Waals surface area contributed by atoms with Crippen LogP contribution in [0.25, 0.3) is 0 Å². The number of anilines is 1. The number of hydrogen-bond acceptors (Lipinski definition) is 4. The van der Waals surface area contributed by atoms with Gasteiger partial charge in [0.25, 0.3) is 0 Å². The van der Waals surface area contributed by atoms with Gasteiger partial charge in [0.1, 0.15) is 5.60 Å². The van der Waals surface area contributed by atoms with Crippen molar-refractivity contribution in [2.45, 2.75) is 45.6 Å². The van der Waals surface area contributed by atoms with Crippen molar-refractivity contribution >= 4 is 23.5 Å². The number of nitrogens with zero attached hydrogens (tertiary/aromatic N) is 1. The van der Waals surface area contributed by atoms with Gasteiger partial charge in [-0.3, -0.25) is 14.4 Å². The number of benzene rings is 1. The van der Waals surface area contributed by atoms with Crippen LogP contribution in [0.15, 0.2) is 36.9 Å². The number of hydrogen-bond donors (Lipinski definition) is 1. The first-order valence-electron chi connectivity index (χ1n) is 9.21. The Kier molecular flexibility index (Phi) is 6.77. The van der Waals surface area contributed by atoms with Crippen LogP contribution < -0.4 is 5.32 Å². The SMILES string of the molecule is C=CC(=O)Nc1ccc(CC(=O)N2CCC(C(=O)OC(C)(C)C)CC2)cc1. The van der Waals surface area contributed by atoms with Crippen LogP contribution in [0.5, 0.6) is 0 Å². The fraction of sp³-hybridized carbons (Fsp3) is 0.476. The number of rotatable bonds is 5. The van der Waals surface area contributed by atoms with E-state index in [2.05, 4.69) is 11.9 Å². The van der Waals surface area contributed by atoms with Gasteiger partial charge in [-0.05, 0) is 57.4 Å². The van der Waals surface area contributed by atoms with Crippen molar-refractivity contribution in [1.29, 1.82) is 0 Å². The fourth-order valence-corrected chi connectivity index (χ4v) is 2.94. The van der Waals surface area contributed by atoms with Gasteiger partial charge in [-0.15, -0.1) is 0 Å². The third-order valence-electron chi connectivity index (χ3n) is 4.35. The van der Waals surface area contributed by atoms with Crippen LogP contribution in [0, 0.1) is 5.92 Å². The normalized spacial score (nSPS) is 15.1. The maximum Gasteiger partial charge on any atom is 0.309 e. The number of carbonyl (C=O) groups is 3. The highest BCUT2D eigenvalue weighted by Crippen LogP contribution is 2.22. The van der Waals surface area contributed by atoms with Gasteiger partial charge >= 0.3 is 5.97 Å². The van der Waals surface area contributed by atoms with E-state index >= 15 is 0 Å². The highest BCUT2D eigenvalue weighted by Gasteiger charge is 2.30. The zero-order chi connectivity index (χ0) is 20.0. The van der Waals surface area contributed by atoms with E-state index < -0.39 is 5.60 Å². The molecule has 0 atom stereocenters. The first-order chi connectivity index (χ1) is 12.7. The zero-order valence-electron chi connectivity index (χ0n) is 16.3. The Labute approximate surface area is 160 Å². The lowest BCUT2D eigenvalue weighted by atomic mass is 9.96. The number of amides is 2. The van der Waals surface area contributed by atoms with Gasteiger partial charge in [0.15, 0.2) is 0 Å². The van der Waals surface area contributed by atoms with Gasteiger partial charge in [-0.1, -0.05) is 18.7 Å². The summed E-state index contributed by atoms with van der Waals surface area (Å²) in [5.41, 5.74) is 1.06. The van der Waals surface area contributed by atoms with Crippen LogP contribution in [0.4, 0.5) is 5.69 Å². The summed E-state index contributed by atoms with van der Waals surface area (Å²) in [7, 11) is 0. The van der Waals surface area contributed by atoms with E-state index in [1.54, 1.807) is 17.0 Å². The molecule has 146 valence electrons. The first-order valence-corrected chi connectivity index (χ1v) is 9.21. The molecule has 0 spiro atoms. The van der Waals surface area contributed by atoms with Crippen molar-refractivity contribution in [3.8, 4) is 0 Å². The van der Waals surface area contributed by atoms with Gasteiger partial charge in [0.05, 0.1) is 12.3 Å². The number of carbonyl (C=O) groups excluding carboxylic acids is 3. The maximum absolute atomic E-state index is 12.5. The summed E-state index contributed by atoms with van der Waals surface area (Å²) in [4.78, 5) is 37.7. The molecule has 1 N–H and O–H groups in total. The molecular formula is C21H28N2O4. The molecule has 0 radical (unpaired) electrons. The summed E-state index contributed by atoms with van der Waals surface area (Å²) in [5, 5.41) is 2.67. The molecular weight excluding hydrogens is 344 g/mol. The molecule has 1 heterocycles. The van der Waals surface area contributed by atoms with E-state index in [1.165, 1.54) is 6.08 Å². The van der Waals surface area contributed by atoms with E-state index in [0.717, 1.165) is 5.56 Å². The van der Waals surface area contributed by atoms with Gasteiger partial charge in [0, 0.05) is 18.8 Å². The van der Waals surface area contributed by atoms with Crippen molar-refractivity contribution in [2.24, 2.45) is 5.92 Å². The lowest BCUT2D eigenvalue weighted by Crippen LogP contribution is -2.42. The summed E-state index contributed by atoms with van der Waals surface area (Å²) in [6.45, 7) is 10.1. The summed E-state index contributed by atoms with van der Waals surface area (Å²) in [5.74, 6) is -0.542. The molecule has 0 aromatic heterocycles. The molecule has 6 nitrogen and oxygen atoms in total. The second kappa shape index (κ2) is 8.84. The first kappa shape index (κ1) is 20.7. The Bertz CT molecular complexity index is 696. The van der Waals surface area contributed by atoms with Crippen LogP contribution in [0.3, 0.4) is 0 Å². The predicted molar refractivity (Wildman–Crippen MR) is 104 cm³/mol. The summed E-state index contributed by atoms with van der Waals surface area (Å²) >= 11 is 0. The van der Waals surface area contributed by atoms with Gasteiger partial charge in [0.2, 0.25) is 11.8 Å². The van der Waals surface area contributed by atoms with Gasteiger partial charge in [-0.2, -0.15) is 0 Å². The molecule has 1 aliphatic heterocycles. The lowest BCUT2D eigenvalue weighted by Gasteiger charge is -2.32. The average molecular weight is 372 g/mol. The molecule has 27 heavy (non-hydrogen) atoms. The molecule has 1 aliphatic rings. The highest BCUT2D eigenvalue weighted by atomic mass is 16.6. The number of esters is 1. The Morgan fingerprint density at radius 1 is 1.19 bits per heavy atom. The fourth-order valence-electron chi connectivity index (χ4n) is 2.94. The predicted octanol–water partition coefficient (Wildman–Crippen LogP) is 2.93. The Hall–Kier alpha value is -2.63. The largest absolute Gasteiger partial charge is 0.460 e. The summed E-state index contributed by atoms with van der Waals surface area (Å²) in [6.07, 6.45) is 2.77. The third kappa shape index (κ3) is 6.55. The number of nitrogens with one attached hydrogen (secondary N) is 1. The van der Waals surface area contributed by atoms with E-state index in [9.17, 15) is 14.4 Å². The van der Waals surface area contributed by atoms with Crippen molar-refractivity contribution in [3.63, 3.8) is 0 Å². The minimum Gasteiger partial charge on any atom is -0.460 e. The topological polar surface area (TPSA) is 75.7 Å². The molecule has 1 fully saturated rings. The molecule has 1 aromatic carbocycles. The second-order valence-electron chi connectivity index (χ2n) is 7.76. The van der Waals surface area contributed by atoms with Crippen molar-refractivity contribution in [3.05, 3.63) is 42.5 Å². The molecule has 6 heteroatoms. The Morgan fingerprint density at radius 3 is 2.30 bits per heavy atom. The van der Waals surface area contributed by atoms with E-state index in [4.69, 9.17) is 4.74 Å². The molecule has 0 unspecified atom stereocenters. The monoisotopic (exact) mass is 372 g/mol. The van der Waals surface area contributed by atoms with Crippen molar-refractivity contribution in [1.82, 2.24) is 4.90 Å². The Balaban J connectivity index is 1.83. The Morgan fingerprint density at radius 2 is 1.78 bits per heavy atom. The average Bonchev–Trinajstić information content (AvgIpc) is 2.62. The van der Waals surface area contributed by atoms with Gasteiger partial charge in [-0.25, -0.2) is 0 Å². The molecule has 0 saturated carbocycles. The van der Waals surface area contributed by atoms with Crippen molar-refractivity contribution in [2.75, 3.05) is 18.4 Å². The minimum atomic E-state index is -0.485. The van der Waals surface area contributed by atoms with Crippen LogP contribution in [0.1, 0.15) is 39.2 Å². The maximum atomic E-state index is 12.5. The summed E-state index contributed by atoms with van der Waals surface area (Å²) < 4.78 is 5.44. The molecule has 2 amide bonds. The minimum absolute atomic E-state index is 0.0421. The van der Waals surface area contributed by atoms with E-state index in [0.29, 0.717) is 38.0 Å².